The topological polar surface area (TPSA) is 50.4 Å². The van der Waals surface area contributed by atoms with Crippen molar-refractivity contribution in [1.82, 2.24) is 10.6 Å². The molecule has 1 aliphatic carbocycles. The lowest BCUT2D eigenvalue weighted by Gasteiger charge is -2.26. The van der Waals surface area contributed by atoms with E-state index in [1.165, 1.54) is 6.42 Å². The van der Waals surface area contributed by atoms with E-state index in [-0.39, 0.29) is 6.09 Å². The lowest BCUT2D eigenvalue weighted by Crippen LogP contribution is -2.45. The summed E-state index contributed by atoms with van der Waals surface area (Å²) in [5.41, 5.74) is -0.403. The third kappa shape index (κ3) is 2.62. The van der Waals surface area contributed by atoms with Crippen LogP contribution in [0, 0.1) is 5.92 Å². The van der Waals surface area contributed by atoms with E-state index >= 15 is 0 Å². The molecule has 2 aliphatic rings. The largest absolute Gasteiger partial charge is 0.444 e. The van der Waals surface area contributed by atoms with E-state index in [4.69, 9.17) is 4.74 Å². The Bertz CT molecular complexity index is 260. The van der Waals surface area contributed by atoms with Gasteiger partial charge in [0.15, 0.2) is 0 Å². The number of ether oxygens (including phenoxy) is 1. The van der Waals surface area contributed by atoms with Gasteiger partial charge in [0.2, 0.25) is 0 Å². The van der Waals surface area contributed by atoms with Crippen molar-refractivity contribution in [2.24, 2.45) is 5.92 Å². The van der Waals surface area contributed by atoms with Gasteiger partial charge in [-0.3, -0.25) is 0 Å². The monoisotopic (exact) mass is 212 g/mol. The minimum atomic E-state index is -0.403. The molecule has 0 aromatic carbocycles. The fourth-order valence-corrected chi connectivity index (χ4v) is 2.47. The summed E-state index contributed by atoms with van der Waals surface area (Å²) in [5, 5.41) is 6.38. The molecule has 15 heavy (non-hydrogen) atoms. The summed E-state index contributed by atoms with van der Waals surface area (Å²) >= 11 is 0. The van der Waals surface area contributed by atoms with Crippen LogP contribution in [0.15, 0.2) is 0 Å². The number of nitrogens with one attached hydrogen (secondary N) is 2. The molecule has 0 aromatic rings. The molecule has 2 N–H and O–H groups in total. The summed E-state index contributed by atoms with van der Waals surface area (Å²) in [5.74, 6) is 0.600. The van der Waals surface area contributed by atoms with Crippen LogP contribution < -0.4 is 10.6 Å². The van der Waals surface area contributed by atoms with E-state index in [1.54, 1.807) is 0 Å². The van der Waals surface area contributed by atoms with Crippen LogP contribution in [0.2, 0.25) is 0 Å². The highest BCUT2D eigenvalue weighted by molar-refractivity contribution is 5.68. The van der Waals surface area contributed by atoms with Gasteiger partial charge in [-0.05, 0) is 39.5 Å². The van der Waals surface area contributed by atoms with Gasteiger partial charge in [0.1, 0.15) is 5.60 Å². The summed E-state index contributed by atoms with van der Waals surface area (Å²) in [4.78, 5) is 11.5. The molecule has 4 nitrogen and oxygen atoms in total. The van der Waals surface area contributed by atoms with Crippen LogP contribution in [0.25, 0.3) is 0 Å². The quantitative estimate of drug-likeness (QED) is 0.688. The van der Waals surface area contributed by atoms with E-state index in [2.05, 4.69) is 10.6 Å². The highest BCUT2D eigenvalue weighted by Crippen LogP contribution is 2.31. The average molecular weight is 212 g/mol. The van der Waals surface area contributed by atoms with Gasteiger partial charge >= 0.3 is 6.09 Å². The molecule has 2 rings (SSSR count). The number of carbonyl (C=O) groups excluding carboxylic acids is 1. The molecule has 1 saturated heterocycles. The Balaban J connectivity index is 1.80. The summed E-state index contributed by atoms with van der Waals surface area (Å²) < 4.78 is 5.24. The molecule has 1 saturated carbocycles. The van der Waals surface area contributed by atoms with Gasteiger partial charge in [0.05, 0.1) is 0 Å². The van der Waals surface area contributed by atoms with Crippen molar-refractivity contribution < 1.29 is 9.53 Å². The van der Waals surface area contributed by atoms with Gasteiger partial charge < -0.3 is 15.4 Å². The number of hydrogen-bond acceptors (Lipinski definition) is 3. The van der Waals surface area contributed by atoms with E-state index in [1.807, 2.05) is 20.8 Å². The van der Waals surface area contributed by atoms with Gasteiger partial charge in [0.25, 0.3) is 0 Å². The molecule has 86 valence electrons. The molecule has 1 aliphatic heterocycles. The predicted octanol–water partition coefficient (Wildman–Crippen LogP) is 1.26. The van der Waals surface area contributed by atoms with Crippen LogP contribution in [0.3, 0.4) is 0 Å². The van der Waals surface area contributed by atoms with Gasteiger partial charge in [0, 0.05) is 18.6 Å². The molecule has 2 fully saturated rings. The second-order valence-electron chi connectivity index (χ2n) is 5.59. The summed E-state index contributed by atoms with van der Waals surface area (Å²) in [6, 6.07) is 0.918. The third-order valence-electron chi connectivity index (χ3n) is 3.07. The summed E-state index contributed by atoms with van der Waals surface area (Å²) in [6.07, 6.45) is 1.96. The van der Waals surface area contributed by atoms with Gasteiger partial charge in [-0.15, -0.1) is 0 Å². The molecule has 1 heterocycles. The first kappa shape index (κ1) is 10.7. The molecule has 1 unspecified atom stereocenters. The Morgan fingerprint density at radius 2 is 2.13 bits per heavy atom. The second kappa shape index (κ2) is 3.67. The van der Waals surface area contributed by atoms with Crippen molar-refractivity contribution in [3.05, 3.63) is 0 Å². The Hall–Kier alpha value is -0.770. The maximum absolute atomic E-state index is 11.5. The molecule has 1 amide bonds. The van der Waals surface area contributed by atoms with Crippen LogP contribution in [0.4, 0.5) is 4.79 Å². The third-order valence-corrected chi connectivity index (χ3v) is 3.07. The number of hydrogen-bond donors (Lipinski definition) is 2. The molecule has 0 radical (unpaired) electrons. The minimum Gasteiger partial charge on any atom is -0.444 e. The molecule has 0 aromatic heterocycles. The van der Waals surface area contributed by atoms with E-state index in [0.717, 1.165) is 13.0 Å². The maximum Gasteiger partial charge on any atom is 0.407 e. The number of rotatable bonds is 1. The number of amides is 1. The van der Waals surface area contributed by atoms with E-state index in [9.17, 15) is 4.79 Å². The Labute approximate surface area is 90.8 Å². The Morgan fingerprint density at radius 1 is 1.40 bits per heavy atom. The van der Waals surface area contributed by atoms with Gasteiger partial charge in [-0.2, -0.15) is 0 Å². The lowest BCUT2D eigenvalue weighted by molar-refractivity contribution is 0.0490. The normalized spacial score (nSPS) is 34.2. The first-order valence-electron chi connectivity index (χ1n) is 5.67. The van der Waals surface area contributed by atoms with Crippen molar-refractivity contribution in [3.63, 3.8) is 0 Å². The fraction of sp³-hybridized carbons (Fsp3) is 0.909. The van der Waals surface area contributed by atoms with Crippen molar-refractivity contribution in [3.8, 4) is 0 Å². The first-order valence-corrected chi connectivity index (χ1v) is 5.67. The molecular formula is C11H20N2O2. The number of fused-ring (bicyclic) bond motifs is 2. The Morgan fingerprint density at radius 3 is 2.60 bits per heavy atom. The highest BCUT2D eigenvalue weighted by atomic mass is 16.6. The SMILES string of the molecule is CC(C)(C)OC(=O)N[C@@H]1C[C@H]2CC1CN2. The van der Waals surface area contributed by atoms with Gasteiger partial charge in [-0.1, -0.05) is 0 Å². The molecule has 3 atom stereocenters. The first-order chi connectivity index (χ1) is 6.94. The van der Waals surface area contributed by atoms with E-state index in [0.29, 0.717) is 18.0 Å². The molecular weight excluding hydrogens is 192 g/mol. The van der Waals surface area contributed by atoms with E-state index < -0.39 is 5.60 Å². The van der Waals surface area contributed by atoms with Crippen molar-refractivity contribution in [2.75, 3.05) is 6.54 Å². The number of carbonyl (C=O) groups is 1. The smallest absolute Gasteiger partial charge is 0.407 e. The standard InChI is InChI=1S/C11H20N2O2/c1-11(2,3)15-10(14)13-9-5-8-4-7(9)6-12-8/h7-9,12H,4-6H2,1-3H3,(H,13,14)/t7?,8-,9-/m1/s1. The number of piperidine rings is 1. The van der Waals surface area contributed by atoms with Gasteiger partial charge in [-0.25, -0.2) is 4.79 Å². The second-order valence-corrected chi connectivity index (χ2v) is 5.59. The molecule has 0 spiro atoms. The zero-order valence-corrected chi connectivity index (χ0v) is 9.67. The maximum atomic E-state index is 11.5. The zero-order chi connectivity index (χ0) is 11.1. The van der Waals surface area contributed by atoms with Crippen LogP contribution in [0.1, 0.15) is 33.6 Å². The van der Waals surface area contributed by atoms with Crippen LogP contribution in [-0.4, -0.2) is 30.3 Å². The fourth-order valence-electron chi connectivity index (χ4n) is 2.47. The van der Waals surface area contributed by atoms with Crippen molar-refractivity contribution in [1.29, 1.82) is 0 Å². The molecule has 4 heteroatoms. The van der Waals surface area contributed by atoms with Crippen LogP contribution in [-0.2, 0) is 4.74 Å². The van der Waals surface area contributed by atoms with Crippen molar-refractivity contribution in [2.45, 2.75) is 51.3 Å². The predicted molar refractivity (Wildman–Crippen MR) is 57.7 cm³/mol. The average Bonchev–Trinajstić information content (AvgIpc) is 2.60. The Kier molecular flexibility index (Phi) is 2.63. The lowest BCUT2D eigenvalue weighted by atomic mass is 10.0. The van der Waals surface area contributed by atoms with Crippen molar-refractivity contribution >= 4 is 6.09 Å². The summed E-state index contributed by atoms with van der Waals surface area (Å²) in [6.45, 7) is 6.68. The minimum absolute atomic E-state index is 0.278. The number of alkyl carbamates (subject to hydrolysis) is 1. The molecule has 2 bridgehead atoms. The highest BCUT2D eigenvalue weighted by Gasteiger charge is 2.40. The zero-order valence-electron chi connectivity index (χ0n) is 9.67. The summed E-state index contributed by atoms with van der Waals surface area (Å²) in [7, 11) is 0. The van der Waals surface area contributed by atoms with Crippen LogP contribution >= 0.6 is 0 Å². The van der Waals surface area contributed by atoms with Crippen LogP contribution in [0.5, 0.6) is 0 Å².